The van der Waals surface area contributed by atoms with Crippen LogP contribution in [-0.4, -0.2) is 7.11 Å². The third kappa shape index (κ3) is 1.75. The van der Waals surface area contributed by atoms with Crippen molar-refractivity contribution in [3.63, 3.8) is 0 Å². The van der Waals surface area contributed by atoms with Crippen molar-refractivity contribution in [1.82, 2.24) is 0 Å². The minimum atomic E-state index is 0.762. The van der Waals surface area contributed by atoms with E-state index in [4.69, 9.17) is 4.74 Å². The van der Waals surface area contributed by atoms with Gasteiger partial charge in [0, 0.05) is 7.11 Å². The van der Waals surface area contributed by atoms with E-state index in [0.717, 1.165) is 12.5 Å². The molecule has 1 nitrogen and oxygen atoms in total. The first-order chi connectivity index (χ1) is 6.33. The minimum absolute atomic E-state index is 0.762. The highest BCUT2D eigenvalue weighted by molar-refractivity contribution is 5.38. The van der Waals surface area contributed by atoms with Crippen LogP contribution in [0.5, 0.6) is 0 Å². The van der Waals surface area contributed by atoms with Crippen molar-refractivity contribution >= 4 is 0 Å². The molecule has 0 saturated heterocycles. The second-order valence-electron chi connectivity index (χ2n) is 3.85. The molecule has 70 valence electrons. The molecule has 1 fully saturated rings. The summed E-state index contributed by atoms with van der Waals surface area (Å²) in [6.07, 6.45) is 2.72. The molecule has 0 unspecified atom stereocenters. The predicted octanol–water partition coefficient (Wildman–Crippen LogP) is 3.02. The first-order valence-corrected chi connectivity index (χ1v) is 4.90. The second kappa shape index (κ2) is 3.51. The van der Waals surface area contributed by atoms with Gasteiger partial charge in [0.1, 0.15) is 0 Å². The molecule has 0 aliphatic heterocycles. The fraction of sp³-hybridized carbons (Fsp3) is 0.500. The van der Waals surface area contributed by atoms with Gasteiger partial charge in [-0.3, -0.25) is 0 Å². The molecule has 1 aliphatic rings. The Kier molecular flexibility index (Phi) is 2.36. The molecule has 1 aromatic rings. The maximum absolute atomic E-state index is 5.23. The van der Waals surface area contributed by atoms with Crippen LogP contribution in [-0.2, 0) is 11.3 Å². The molecule has 2 rings (SSSR count). The van der Waals surface area contributed by atoms with Gasteiger partial charge < -0.3 is 4.74 Å². The molecular weight excluding hydrogens is 160 g/mol. The average Bonchev–Trinajstić information content (AvgIpc) is 2.92. The highest BCUT2D eigenvalue weighted by Gasteiger charge is 2.26. The maximum Gasteiger partial charge on any atom is 0.0718 e. The molecule has 1 heteroatoms. The van der Waals surface area contributed by atoms with E-state index in [9.17, 15) is 0 Å². The van der Waals surface area contributed by atoms with Crippen molar-refractivity contribution in [2.24, 2.45) is 0 Å². The molecule has 0 N–H and O–H groups in total. The lowest BCUT2D eigenvalue weighted by Crippen LogP contribution is -1.97. The lowest BCUT2D eigenvalue weighted by molar-refractivity contribution is 0.183. The van der Waals surface area contributed by atoms with E-state index in [1.165, 1.54) is 29.5 Å². The monoisotopic (exact) mass is 176 g/mol. The van der Waals surface area contributed by atoms with Crippen LogP contribution < -0.4 is 0 Å². The summed E-state index contributed by atoms with van der Waals surface area (Å²) in [6.45, 7) is 2.93. The summed E-state index contributed by atoms with van der Waals surface area (Å²) in [5.41, 5.74) is 4.29. The summed E-state index contributed by atoms with van der Waals surface area (Å²) in [7, 11) is 1.77. The average molecular weight is 176 g/mol. The van der Waals surface area contributed by atoms with Gasteiger partial charge in [0.2, 0.25) is 0 Å². The van der Waals surface area contributed by atoms with Crippen LogP contribution in [0.3, 0.4) is 0 Å². The van der Waals surface area contributed by atoms with Crippen molar-refractivity contribution in [2.45, 2.75) is 32.3 Å². The molecule has 0 heterocycles. The number of benzene rings is 1. The van der Waals surface area contributed by atoms with E-state index in [2.05, 4.69) is 25.1 Å². The quantitative estimate of drug-likeness (QED) is 0.688. The van der Waals surface area contributed by atoms with Gasteiger partial charge in [-0.2, -0.15) is 0 Å². The lowest BCUT2D eigenvalue weighted by Gasteiger charge is -2.10. The first-order valence-electron chi connectivity index (χ1n) is 4.90. The van der Waals surface area contributed by atoms with Gasteiger partial charge in [0.05, 0.1) is 6.61 Å². The van der Waals surface area contributed by atoms with E-state index >= 15 is 0 Å². The van der Waals surface area contributed by atoms with Crippen LogP contribution in [0.2, 0.25) is 0 Å². The topological polar surface area (TPSA) is 9.23 Å². The van der Waals surface area contributed by atoms with Gasteiger partial charge in [-0.15, -0.1) is 0 Å². The van der Waals surface area contributed by atoms with Crippen LogP contribution in [0.25, 0.3) is 0 Å². The summed E-state index contributed by atoms with van der Waals surface area (Å²) < 4.78 is 5.23. The van der Waals surface area contributed by atoms with Gasteiger partial charge in [-0.25, -0.2) is 0 Å². The molecule has 0 amide bonds. The fourth-order valence-electron chi connectivity index (χ4n) is 1.84. The van der Waals surface area contributed by atoms with Crippen molar-refractivity contribution in [1.29, 1.82) is 0 Å². The third-order valence-electron chi connectivity index (χ3n) is 2.75. The van der Waals surface area contributed by atoms with Gasteiger partial charge in [-0.1, -0.05) is 18.2 Å². The Morgan fingerprint density at radius 1 is 1.38 bits per heavy atom. The number of aryl methyl sites for hydroxylation is 1. The SMILES string of the molecule is COCc1c(C)cccc1C1CC1. The van der Waals surface area contributed by atoms with Crippen LogP contribution in [0.4, 0.5) is 0 Å². The molecule has 0 atom stereocenters. The molecule has 0 aromatic heterocycles. The van der Waals surface area contributed by atoms with Crippen LogP contribution >= 0.6 is 0 Å². The Hall–Kier alpha value is -0.820. The number of hydrogen-bond acceptors (Lipinski definition) is 1. The molecule has 1 aromatic carbocycles. The molecule has 0 radical (unpaired) electrons. The summed E-state index contributed by atoms with van der Waals surface area (Å²) in [6, 6.07) is 6.57. The Labute approximate surface area is 79.7 Å². The summed E-state index contributed by atoms with van der Waals surface area (Å²) in [5.74, 6) is 0.824. The standard InChI is InChI=1S/C12H16O/c1-9-4-3-5-11(10-6-7-10)12(9)8-13-2/h3-5,10H,6-8H2,1-2H3. The van der Waals surface area contributed by atoms with Crippen LogP contribution in [0.15, 0.2) is 18.2 Å². The fourth-order valence-corrected chi connectivity index (χ4v) is 1.84. The largest absolute Gasteiger partial charge is 0.380 e. The third-order valence-corrected chi connectivity index (χ3v) is 2.75. The van der Waals surface area contributed by atoms with Gasteiger partial charge in [-0.05, 0) is 42.4 Å². The van der Waals surface area contributed by atoms with Crippen LogP contribution in [0, 0.1) is 6.92 Å². The Bertz CT molecular complexity index is 300. The zero-order valence-electron chi connectivity index (χ0n) is 8.34. The maximum atomic E-state index is 5.23. The number of methoxy groups -OCH3 is 1. The second-order valence-corrected chi connectivity index (χ2v) is 3.85. The molecule has 1 saturated carbocycles. The molecular formula is C12H16O. The Morgan fingerprint density at radius 3 is 2.77 bits per heavy atom. The normalized spacial score (nSPS) is 16.2. The zero-order chi connectivity index (χ0) is 9.26. The van der Waals surface area contributed by atoms with E-state index in [1.807, 2.05) is 0 Å². The zero-order valence-corrected chi connectivity index (χ0v) is 8.34. The van der Waals surface area contributed by atoms with Crippen molar-refractivity contribution in [3.8, 4) is 0 Å². The Balaban J connectivity index is 2.35. The van der Waals surface area contributed by atoms with Crippen molar-refractivity contribution in [3.05, 3.63) is 34.9 Å². The first kappa shape index (κ1) is 8.76. The van der Waals surface area contributed by atoms with Crippen LogP contribution in [0.1, 0.15) is 35.4 Å². The van der Waals surface area contributed by atoms with Crippen molar-refractivity contribution < 1.29 is 4.74 Å². The molecule has 0 bridgehead atoms. The molecule has 0 spiro atoms. The van der Waals surface area contributed by atoms with Gasteiger partial charge in [0.15, 0.2) is 0 Å². The lowest BCUT2D eigenvalue weighted by atomic mass is 9.99. The van der Waals surface area contributed by atoms with Crippen molar-refractivity contribution in [2.75, 3.05) is 7.11 Å². The summed E-state index contributed by atoms with van der Waals surface area (Å²) in [5, 5.41) is 0. The van der Waals surface area contributed by atoms with Gasteiger partial charge in [0.25, 0.3) is 0 Å². The molecule has 13 heavy (non-hydrogen) atoms. The van der Waals surface area contributed by atoms with E-state index in [0.29, 0.717) is 0 Å². The number of ether oxygens (including phenoxy) is 1. The summed E-state index contributed by atoms with van der Waals surface area (Å²) in [4.78, 5) is 0. The van der Waals surface area contributed by atoms with E-state index in [-0.39, 0.29) is 0 Å². The Morgan fingerprint density at radius 2 is 2.15 bits per heavy atom. The summed E-state index contributed by atoms with van der Waals surface area (Å²) >= 11 is 0. The minimum Gasteiger partial charge on any atom is -0.380 e. The van der Waals surface area contributed by atoms with E-state index in [1.54, 1.807) is 7.11 Å². The number of hydrogen-bond donors (Lipinski definition) is 0. The van der Waals surface area contributed by atoms with E-state index < -0.39 is 0 Å². The smallest absolute Gasteiger partial charge is 0.0718 e. The van der Waals surface area contributed by atoms with Gasteiger partial charge >= 0.3 is 0 Å². The number of rotatable bonds is 3. The molecule has 1 aliphatic carbocycles. The highest BCUT2D eigenvalue weighted by Crippen LogP contribution is 2.42. The highest BCUT2D eigenvalue weighted by atomic mass is 16.5. The predicted molar refractivity (Wildman–Crippen MR) is 53.9 cm³/mol.